The highest BCUT2D eigenvalue weighted by molar-refractivity contribution is 5.89. The third-order valence-electron chi connectivity index (χ3n) is 4.86. The number of rotatable bonds is 1. The molecule has 0 saturated carbocycles. The second-order valence-corrected chi connectivity index (χ2v) is 6.35. The molecule has 0 radical (unpaired) electrons. The zero-order valence-corrected chi connectivity index (χ0v) is 11.4. The van der Waals surface area contributed by atoms with E-state index in [9.17, 15) is 9.59 Å². The second-order valence-electron chi connectivity index (χ2n) is 6.35. The van der Waals surface area contributed by atoms with E-state index in [2.05, 4.69) is 10.6 Å². The molecule has 3 saturated heterocycles. The minimum absolute atomic E-state index is 0.0180. The summed E-state index contributed by atoms with van der Waals surface area (Å²) in [6, 6.07) is 0. The monoisotopic (exact) mass is 265 g/mol. The molecule has 0 aromatic rings. The summed E-state index contributed by atoms with van der Waals surface area (Å²) in [6.45, 7) is 4.42. The molecule has 3 aliphatic heterocycles. The molecule has 0 aromatic heterocycles. The number of hydrogen-bond acceptors (Lipinski definition) is 3. The van der Waals surface area contributed by atoms with Crippen LogP contribution in [0.15, 0.2) is 0 Å². The van der Waals surface area contributed by atoms with E-state index in [1.165, 1.54) is 19.3 Å². The largest absolute Gasteiger partial charge is 0.355 e. The first-order valence-electron chi connectivity index (χ1n) is 7.45. The van der Waals surface area contributed by atoms with Gasteiger partial charge in [0.25, 0.3) is 0 Å². The lowest BCUT2D eigenvalue weighted by Gasteiger charge is -2.46. The Labute approximate surface area is 114 Å². The van der Waals surface area contributed by atoms with Gasteiger partial charge in [0.1, 0.15) is 0 Å². The van der Waals surface area contributed by atoms with Crippen LogP contribution in [-0.4, -0.2) is 49.4 Å². The number of carbonyl (C=O) groups excluding carboxylic acids is 2. The zero-order chi connectivity index (χ0) is 13.3. The molecule has 2 amide bonds. The molecule has 3 rings (SSSR count). The highest BCUT2D eigenvalue weighted by Gasteiger charge is 2.40. The van der Waals surface area contributed by atoms with E-state index >= 15 is 0 Å². The lowest BCUT2D eigenvalue weighted by Crippen LogP contribution is -2.53. The van der Waals surface area contributed by atoms with Crippen molar-refractivity contribution in [2.75, 3.05) is 32.7 Å². The number of likely N-dealkylation sites (tertiary alicyclic amines) is 1. The van der Waals surface area contributed by atoms with E-state index in [-0.39, 0.29) is 17.7 Å². The summed E-state index contributed by atoms with van der Waals surface area (Å²) in [5, 5.41) is 6.24. The molecule has 1 spiro atoms. The van der Waals surface area contributed by atoms with Gasteiger partial charge in [-0.3, -0.25) is 9.59 Å². The van der Waals surface area contributed by atoms with Crippen LogP contribution in [0.4, 0.5) is 0 Å². The van der Waals surface area contributed by atoms with E-state index < -0.39 is 0 Å². The molecule has 3 aliphatic rings. The molecule has 0 aromatic carbocycles. The van der Waals surface area contributed by atoms with Crippen LogP contribution >= 0.6 is 0 Å². The van der Waals surface area contributed by atoms with Gasteiger partial charge in [-0.05, 0) is 32.2 Å². The van der Waals surface area contributed by atoms with Gasteiger partial charge in [-0.1, -0.05) is 0 Å². The molecule has 19 heavy (non-hydrogen) atoms. The normalized spacial score (nSPS) is 35.5. The van der Waals surface area contributed by atoms with E-state index in [4.69, 9.17) is 0 Å². The Morgan fingerprint density at radius 1 is 1.32 bits per heavy atom. The minimum atomic E-state index is -0.126. The van der Waals surface area contributed by atoms with Crippen molar-refractivity contribution in [3.05, 3.63) is 0 Å². The summed E-state index contributed by atoms with van der Waals surface area (Å²) in [6.07, 6.45) is 5.14. The highest BCUT2D eigenvalue weighted by Crippen LogP contribution is 2.36. The predicted octanol–water partition coefficient (Wildman–Crippen LogP) is 0.115. The molecule has 0 bridgehead atoms. The van der Waals surface area contributed by atoms with Crippen molar-refractivity contribution in [1.82, 2.24) is 15.5 Å². The number of carbonyl (C=O) groups is 2. The first-order valence-corrected chi connectivity index (χ1v) is 7.45. The summed E-state index contributed by atoms with van der Waals surface area (Å²) in [5.74, 6) is 0.0756. The van der Waals surface area contributed by atoms with Gasteiger partial charge in [-0.2, -0.15) is 0 Å². The Morgan fingerprint density at radius 2 is 2.16 bits per heavy atom. The third-order valence-corrected chi connectivity index (χ3v) is 4.86. The second kappa shape index (κ2) is 5.12. The first-order chi connectivity index (χ1) is 9.19. The third kappa shape index (κ3) is 2.61. The fourth-order valence-electron chi connectivity index (χ4n) is 3.81. The SMILES string of the molecule is O=C1CC(C(=O)N2CCCC3(CCCNC3)C2)CN1. The molecule has 2 unspecified atom stereocenters. The molecule has 3 heterocycles. The maximum absolute atomic E-state index is 12.5. The summed E-state index contributed by atoms with van der Waals surface area (Å²) in [4.78, 5) is 25.7. The van der Waals surface area contributed by atoms with Crippen molar-refractivity contribution in [3.8, 4) is 0 Å². The van der Waals surface area contributed by atoms with Gasteiger partial charge in [0.05, 0.1) is 5.92 Å². The average molecular weight is 265 g/mol. The Hall–Kier alpha value is -1.10. The maximum Gasteiger partial charge on any atom is 0.228 e. The standard InChI is InChI=1S/C14H23N3O2/c18-12-7-11(8-16-12)13(19)17-6-2-4-14(10-17)3-1-5-15-9-14/h11,15H,1-10H2,(H,16,18). The summed E-state index contributed by atoms with van der Waals surface area (Å²) in [5.41, 5.74) is 0.294. The molecule has 0 aliphatic carbocycles. The van der Waals surface area contributed by atoms with E-state index in [0.717, 1.165) is 32.6 Å². The molecule has 3 fully saturated rings. The van der Waals surface area contributed by atoms with Crippen LogP contribution in [0, 0.1) is 11.3 Å². The van der Waals surface area contributed by atoms with Crippen LogP contribution in [0.5, 0.6) is 0 Å². The van der Waals surface area contributed by atoms with Crippen molar-refractivity contribution in [2.24, 2.45) is 11.3 Å². The van der Waals surface area contributed by atoms with Crippen molar-refractivity contribution >= 4 is 11.8 Å². The van der Waals surface area contributed by atoms with E-state index in [0.29, 0.717) is 18.4 Å². The number of nitrogens with zero attached hydrogens (tertiary/aromatic N) is 1. The van der Waals surface area contributed by atoms with Crippen LogP contribution in [-0.2, 0) is 9.59 Å². The molecule has 2 atom stereocenters. The fraction of sp³-hybridized carbons (Fsp3) is 0.857. The van der Waals surface area contributed by atoms with Gasteiger partial charge in [0.15, 0.2) is 0 Å². The topological polar surface area (TPSA) is 61.4 Å². The Bertz CT molecular complexity index is 371. The lowest BCUT2D eigenvalue weighted by atomic mass is 9.74. The molecule has 5 heteroatoms. The lowest BCUT2D eigenvalue weighted by molar-refractivity contribution is -0.139. The van der Waals surface area contributed by atoms with Crippen LogP contribution in [0.1, 0.15) is 32.1 Å². The van der Waals surface area contributed by atoms with Crippen molar-refractivity contribution in [1.29, 1.82) is 0 Å². The number of piperidine rings is 2. The van der Waals surface area contributed by atoms with Crippen LogP contribution in [0.3, 0.4) is 0 Å². The molecule has 106 valence electrons. The predicted molar refractivity (Wildman–Crippen MR) is 71.5 cm³/mol. The smallest absolute Gasteiger partial charge is 0.228 e. The Morgan fingerprint density at radius 3 is 2.84 bits per heavy atom. The Balaban J connectivity index is 1.64. The van der Waals surface area contributed by atoms with Gasteiger partial charge in [0, 0.05) is 38.0 Å². The van der Waals surface area contributed by atoms with Gasteiger partial charge in [-0.15, -0.1) is 0 Å². The van der Waals surface area contributed by atoms with Gasteiger partial charge < -0.3 is 15.5 Å². The molecule has 5 nitrogen and oxygen atoms in total. The van der Waals surface area contributed by atoms with E-state index in [1.807, 2.05) is 4.90 Å². The maximum atomic E-state index is 12.5. The average Bonchev–Trinajstić information content (AvgIpc) is 2.85. The van der Waals surface area contributed by atoms with Crippen LogP contribution < -0.4 is 10.6 Å². The molecular weight excluding hydrogens is 242 g/mol. The van der Waals surface area contributed by atoms with Crippen LogP contribution in [0.25, 0.3) is 0 Å². The number of nitrogens with one attached hydrogen (secondary N) is 2. The highest BCUT2D eigenvalue weighted by atomic mass is 16.2. The van der Waals surface area contributed by atoms with Crippen molar-refractivity contribution < 1.29 is 9.59 Å². The van der Waals surface area contributed by atoms with E-state index in [1.54, 1.807) is 0 Å². The Kier molecular flexibility index (Phi) is 3.48. The number of hydrogen-bond donors (Lipinski definition) is 2. The number of amides is 2. The van der Waals surface area contributed by atoms with Crippen LogP contribution in [0.2, 0.25) is 0 Å². The summed E-state index contributed by atoms with van der Waals surface area (Å²) >= 11 is 0. The van der Waals surface area contributed by atoms with Gasteiger partial charge >= 0.3 is 0 Å². The zero-order valence-electron chi connectivity index (χ0n) is 11.4. The van der Waals surface area contributed by atoms with Gasteiger partial charge in [-0.25, -0.2) is 0 Å². The minimum Gasteiger partial charge on any atom is -0.355 e. The van der Waals surface area contributed by atoms with Gasteiger partial charge in [0.2, 0.25) is 11.8 Å². The van der Waals surface area contributed by atoms with Crippen molar-refractivity contribution in [3.63, 3.8) is 0 Å². The molecule has 2 N–H and O–H groups in total. The summed E-state index contributed by atoms with van der Waals surface area (Å²) in [7, 11) is 0. The van der Waals surface area contributed by atoms with Crippen molar-refractivity contribution in [2.45, 2.75) is 32.1 Å². The summed E-state index contributed by atoms with van der Waals surface area (Å²) < 4.78 is 0. The first kappa shape index (κ1) is 12.9. The molecular formula is C14H23N3O2. The fourth-order valence-corrected chi connectivity index (χ4v) is 3.81. The quantitative estimate of drug-likeness (QED) is 0.707.